The average molecular weight is 278 g/mol. The van der Waals surface area contributed by atoms with E-state index < -0.39 is 10.0 Å². The zero-order valence-corrected chi connectivity index (χ0v) is 12.7. The molecule has 0 radical (unpaired) electrons. The molecule has 1 fully saturated rings. The molecule has 0 amide bonds. The fourth-order valence-electron chi connectivity index (χ4n) is 2.16. The van der Waals surface area contributed by atoms with E-state index in [0.717, 1.165) is 26.1 Å². The van der Waals surface area contributed by atoms with E-state index in [-0.39, 0.29) is 24.5 Å². The maximum atomic E-state index is 12.1. The van der Waals surface area contributed by atoms with Crippen LogP contribution in [0.3, 0.4) is 0 Å². The molecular weight excluding hydrogens is 252 g/mol. The molecule has 5 nitrogen and oxygen atoms in total. The van der Waals surface area contributed by atoms with Gasteiger partial charge in [-0.3, -0.25) is 0 Å². The summed E-state index contributed by atoms with van der Waals surface area (Å²) in [5.74, 6) is 0.0737. The fourth-order valence-corrected chi connectivity index (χ4v) is 3.38. The summed E-state index contributed by atoms with van der Waals surface area (Å²) >= 11 is 0. The lowest BCUT2D eigenvalue weighted by Gasteiger charge is -2.24. The molecule has 0 aliphatic carbocycles. The molecule has 18 heavy (non-hydrogen) atoms. The van der Waals surface area contributed by atoms with Crippen molar-refractivity contribution in [1.29, 1.82) is 0 Å². The van der Waals surface area contributed by atoms with Crippen LogP contribution in [0.25, 0.3) is 0 Å². The van der Waals surface area contributed by atoms with E-state index in [2.05, 4.69) is 11.8 Å². The normalized spacial score (nSPS) is 22.2. The van der Waals surface area contributed by atoms with Gasteiger partial charge in [-0.1, -0.05) is 6.92 Å². The summed E-state index contributed by atoms with van der Waals surface area (Å²) in [5, 5.41) is 0. The predicted octanol–water partition coefficient (Wildman–Crippen LogP) is 0.767. The van der Waals surface area contributed by atoms with Gasteiger partial charge in [0.1, 0.15) is 0 Å². The standard InChI is InChI=1S/C12H26N2O3S/c1-5-14-7-6-12(10-14)13(4)18(15,16)9-8-17-11(2)3/h11-12H,5-10H2,1-4H3/t12-/m1/s1. The largest absolute Gasteiger partial charge is 0.378 e. The Labute approximate surface area is 111 Å². The van der Waals surface area contributed by atoms with Gasteiger partial charge in [-0.15, -0.1) is 0 Å². The van der Waals surface area contributed by atoms with Gasteiger partial charge in [0.25, 0.3) is 0 Å². The molecule has 0 unspecified atom stereocenters. The van der Waals surface area contributed by atoms with E-state index in [1.807, 2.05) is 13.8 Å². The van der Waals surface area contributed by atoms with E-state index >= 15 is 0 Å². The lowest BCUT2D eigenvalue weighted by molar-refractivity contribution is 0.0906. The van der Waals surface area contributed by atoms with E-state index in [1.54, 1.807) is 7.05 Å². The number of rotatable bonds is 7. The monoisotopic (exact) mass is 278 g/mol. The Morgan fingerprint density at radius 3 is 2.61 bits per heavy atom. The van der Waals surface area contributed by atoms with Gasteiger partial charge in [0, 0.05) is 19.6 Å². The molecule has 6 heteroatoms. The molecule has 1 atom stereocenters. The number of ether oxygens (including phenoxy) is 1. The fraction of sp³-hybridized carbons (Fsp3) is 1.00. The van der Waals surface area contributed by atoms with Crippen LogP contribution in [0.2, 0.25) is 0 Å². The topological polar surface area (TPSA) is 49.9 Å². The van der Waals surface area contributed by atoms with Gasteiger partial charge in [-0.25, -0.2) is 12.7 Å². The van der Waals surface area contributed by atoms with Crippen LogP contribution in [0.5, 0.6) is 0 Å². The molecule has 1 heterocycles. The first-order valence-electron chi connectivity index (χ1n) is 6.66. The van der Waals surface area contributed by atoms with Gasteiger partial charge in [0.2, 0.25) is 10.0 Å². The van der Waals surface area contributed by atoms with Crippen molar-refractivity contribution < 1.29 is 13.2 Å². The summed E-state index contributed by atoms with van der Waals surface area (Å²) in [6.45, 7) is 9.02. The Kier molecular flexibility index (Phi) is 6.04. The maximum absolute atomic E-state index is 12.1. The first kappa shape index (κ1) is 15.9. The van der Waals surface area contributed by atoms with Crippen LogP contribution in [0.1, 0.15) is 27.2 Å². The minimum absolute atomic E-state index is 0.0737. The second kappa shape index (κ2) is 6.84. The van der Waals surface area contributed by atoms with Crippen LogP contribution in [0.15, 0.2) is 0 Å². The highest BCUT2D eigenvalue weighted by molar-refractivity contribution is 7.89. The quantitative estimate of drug-likeness (QED) is 0.690. The molecule has 0 bridgehead atoms. The molecule has 0 aromatic heterocycles. The maximum Gasteiger partial charge on any atom is 0.216 e. The first-order chi connectivity index (χ1) is 8.36. The molecular formula is C12H26N2O3S. The summed E-state index contributed by atoms with van der Waals surface area (Å²) in [4.78, 5) is 2.28. The van der Waals surface area contributed by atoms with E-state index in [4.69, 9.17) is 4.74 Å². The molecule has 0 saturated carbocycles. The zero-order chi connectivity index (χ0) is 13.8. The summed E-state index contributed by atoms with van der Waals surface area (Å²) in [7, 11) is -1.50. The van der Waals surface area contributed by atoms with E-state index in [1.165, 1.54) is 4.31 Å². The summed E-state index contributed by atoms with van der Waals surface area (Å²) in [6, 6.07) is 0.119. The number of nitrogens with zero attached hydrogens (tertiary/aromatic N) is 2. The lowest BCUT2D eigenvalue weighted by atomic mass is 10.3. The number of likely N-dealkylation sites (tertiary alicyclic amines) is 1. The third-order valence-electron chi connectivity index (χ3n) is 3.44. The Bertz CT molecular complexity index is 343. The minimum Gasteiger partial charge on any atom is -0.378 e. The molecule has 1 rings (SSSR count). The third-order valence-corrected chi connectivity index (χ3v) is 5.30. The summed E-state index contributed by atoms with van der Waals surface area (Å²) in [6.07, 6.45) is 1.00. The van der Waals surface area contributed by atoms with E-state index in [0.29, 0.717) is 0 Å². The number of likely N-dealkylation sites (N-methyl/N-ethyl adjacent to an activating group) is 2. The number of sulfonamides is 1. The van der Waals surface area contributed by atoms with E-state index in [9.17, 15) is 8.42 Å². The lowest BCUT2D eigenvalue weighted by Crippen LogP contribution is -2.41. The SMILES string of the molecule is CCN1CC[C@@H](N(C)S(=O)(=O)CCOC(C)C)C1. The number of hydrogen-bond acceptors (Lipinski definition) is 4. The van der Waals surface area contributed by atoms with Gasteiger partial charge >= 0.3 is 0 Å². The molecule has 0 aromatic carbocycles. The zero-order valence-electron chi connectivity index (χ0n) is 11.9. The van der Waals surface area contributed by atoms with Crippen LogP contribution < -0.4 is 0 Å². The molecule has 0 aromatic rings. The first-order valence-corrected chi connectivity index (χ1v) is 8.27. The second-order valence-electron chi connectivity index (χ2n) is 5.09. The molecule has 1 aliphatic heterocycles. The van der Waals surface area contributed by atoms with Gasteiger partial charge in [0.05, 0.1) is 18.5 Å². The van der Waals surface area contributed by atoms with Crippen molar-refractivity contribution in [3.8, 4) is 0 Å². The van der Waals surface area contributed by atoms with Crippen molar-refractivity contribution in [3.05, 3.63) is 0 Å². The molecule has 0 spiro atoms. The van der Waals surface area contributed by atoms with Gasteiger partial charge in [-0.2, -0.15) is 0 Å². The van der Waals surface area contributed by atoms with Crippen molar-refractivity contribution in [2.24, 2.45) is 0 Å². The summed E-state index contributed by atoms with van der Waals surface area (Å²) < 4.78 is 31.1. The van der Waals surface area contributed by atoms with Crippen LogP contribution in [0.4, 0.5) is 0 Å². The smallest absolute Gasteiger partial charge is 0.216 e. The Morgan fingerprint density at radius 1 is 1.44 bits per heavy atom. The van der Waals surface area contributed by atoms with Crippen molar-refractivity contribution in [2.75, 3.05) is 39.0 Å². The molecule has 1 saturated heterocycles. The third kappa shape index (κ3) is 4.50. The van der Waals surface area contributed by atoms with Crippen molar-refractivity contribution >= 4 is 10.0 Å². The van der Waals surface area contributed by atoms with Crippen molar-refractivity contribution in [1.82, 2.24) is 9.21 Å². The molecule has 1 aliphatic rings. The second-order valence-corrected chi connectivity index (χ2v) is 7.24. The highest BCUT2D eigenvalue weighted by Crippen LogP contribution is 2.17. The minimum atomic E-state index is -3.19. The Morgan fingerprint density at radius 2 is 2.11 bits per heavy atom. The van der Waals surface area contributed by atoms with Crippen LogP contribution in [0, 0.1) is 0 Å². The number of hydrogen-bond donors (Lipinski definition) is 0. The van der Waals surface area contributed by atoms with Crippen LogP contribution >= 0.6 is 0 Å². The molecule has 108 valence electrons. The van der Waals surface area contributed by atoms with Gasteiger partial charge < -0.3 is 9.64 Å². The summed E-state index contributed by atoms with van der Waals surface area (Å²) in [5.41, 5.74) is 0. The molecule has 0 N–H and O–H groups in total. The van der Waals surface area contributed by atoms with Crippen LogP contribution in [-0.2, 0) is 14.8 Å². The highest BCUT2D eigenvalue weighted by Gasteiger charge is 2.31. The Hall–Kier alpha value is -0.170. The van der Waals surface area contributed by atoms with Gasteiger partial charge in [-0.05, 0) is 33.4 Å². The van der Waals surface area contributed by atoms with Crippen molar-refractivity contribution in [3.63, 3.8) is 0 Å². The predicted molar refractivity (Wildman–Crippen MR) is 73.2 cm³/mol. The van der Waals surface area contributed by atoms with Crippen molar-refractivity contribution in [2.45, 2.75) is 39.3 Å². The Balaban J connectivity index is 2.46. The highest BCUT2D eigenvalue weighted by atomic mass is 32.2. The van der Waals surface area contributed by atoms with Gasteiger partial charge in [0.15, 0.2) is 0 Å². The van der Waals surface area contributed by atoms with Crippen LogP contribution in [-0.4, -0.2) is 68.8 Å². The average Bonchev–Trinajstić information content (AvgIpc) is 2.75.